The summed E-state index contributed by atoms with van der Waals surface area (Å²) >= 11 is 20.4. The van der Waals surface area contributed by atoms with E-state index in [1.54, 1.807) is 23.5 Å². The Morgan fingerprint density at radius 2 is 1.97 bits per heavy atom. The fourth-order valence-corrected chi connectivity index (χ4v) is 6.60. The van der Waals surface area contributed by atoms with Gasteiger partial charge in [0.2, 0.25) is 0 Å². The largest absolute Gasteiger partial charge is 0.361 e. The number of thiazole rings is 1. The highest BCUT2D eigenvalue weighted by atomic mass is 35.5. The number of H-pyrrole nitrogens is 1. The van der Waals surface area contributed by atoms with E-state index in [-0.39, 0.29) is 5.91 Å². The van der Waals surface area contributed by atoms with E-state index in [1.807, 2.05) is 35.4 Å². The molecule has 8 heteroatoms. The minimum absolute atomic E-state index is 0.0755. The topological polar surface area (TPSA) is 49.0 Å². The van der Waals surface area contributed by atoms with Crippen molar-refractivity contribution in [1.29, 1.82) is 0 Å². The van der Waals surface area contributed by atoms with E-state index in [4.69, 9.17) is 39.8 Å². The molecule has 4 nitrogen and oxygen atoms in total. The fourth-order valence-electron chi connectivity index (χ4n) is 4.67. The third-order valence-corrected chi connectivity index (χ3v) is 8.66. The molecule has 0 radical (unpaired) electrons. The second-order valence-electron chi connectivity index (χ2n) is 9.94. The van der Waals surface area contributed by atoms with E-state index in [0.29, 0.717) is 45.6 Å². The van der Waals surface area contributed by atoms with Crippen LogP contribution in [0.3, 0.4) is 0 Å². The van der Waals surface area contributed by atoms with Gasteiger partial charge in [-0.05, 0) is 67.0 Å². The van der Waals surface area contributed by atoms with Crippen molar-refractivity contribution in [1.82, 2.24) is 14.9 Å². The van der Waals surface area contributed by atoms with E-state index in [1.165, 1.54) is 10.6 Å². The lowest BCUT2D eigenvalue weighted by Gasteiger charge is -2.28. The number of aromatic amines is 1. The third kappa shape index (κ3) is 5.39. The Hall–Kier alpha value is -2.05. The number of benzene rings is 2. The predicted molar refractivity (Wildman–Crippen MR) is 146 cm³/mol. The SMILES string of the molecule is CC1(C)CCc2nc(CN(CCc3ccc(Cl)c(Cl)c3)C(=O)c3cc(Cl)cc4cc[nH]c34)sc2C1. The number of fused-ring (bicyclic) bond motifs is 2. The van der Waals surface area contributed by atoms with Crippen molar-refractivity contribution >= 4 is 62.9 Å². The van der Waals surface area contributed by atoms with Crippen LogP contribution in [-0.2, 0) is 25.8 Å². The Bertz CT molecular complexity index is 1410. The van der Waals surface area contributed by atoms with Gasteiger partial charge in [-0.2, -0.15) is 0 Å². The Morgan fingerprint density at radius 1 is 1.14 bits per heavy atom. The van der Waals surface area contributed by atoms with Crippen LogP contribution in [0.25, 0.3) is 10.9 Å². The molecule has 5 rings (SSSR count). The van der Waals surface area contributed by atoms with Gasteiger partial charge in [-0.15, -0.1) is 11.3 Å². The number of nitrogens with one attached hydrogen (secondary N) is 1. The first-order valence-electron chi connectivity index (χ1n) is 11.7. The number of halogens is 3. The van der Waals surface area contributed by atoms with Crippen molar-refractivity contribution < 1.29 is 4.79 Å². The van der Waals surface area contributed by atoms with E-state index in [0.717, 1.165) is 40.7 Å². The van der Waals surface area contributed by atoms with Gasteiger partial charge in [0.25, 0.3) is 5.91 Å². The lowest BCUT2D eigenvalue weighted by molar-refractivity contribution is 0.0746. The van der Waals surface area contributed by atoms with Crippen LogP contribution in [0.15, 0.2) is 42.6 Å². The zero-order chi connectivity index (χ0) is 24.7. The summed E-state index contributed by atoms with van der Waals surface area (Å²) in [6, 6.07) is 11.1. The molecule has 0 unspecified atom stereocenters. The monoisotopic (exact) mass is 545 g/mol. The number of aryl methyl sites for hydroxylation is 1. The molecule has 0 bridgehead atoms. The maximum atomic E-state index is 13.9. The molecule has 1 aliphatic rings. The number of amides is 1. The summed E-state index contributed by atoms with van der Waals surface area (Å²) in [5, 5.41) is 3.46. The molecule has 1 N–H and O–H groups in total. The molecule has 1 amide bonds. The van der Waals surface area contributed by atoms with Crippen molar-refractivity contribution in [3.8, 4) is 0 Å². The maximum absolute atomic E-state index is 13.9. The van der Waals surface area contributed by atoms with Crippen molar-refractivity contribution in [2.45, 2.75) is 46.1 Å². The van der Waals surface area contributed by atoms with Gasteiger partial charge in [0.15, 0.2) is 0 Å². The van der Waals surface area contributed by atoms with Crippen molar-refractivity contribution in [2.24, 2.45) is 5.41 Å². The number of hydrogen-bond acceptors (Lipinski definition) is 3. The Kier molecular flexibility index (Phi) is 6.88. The van der Waals surface area contributed by atoms with Crippen LogP contribution < -0.4 is 0 Å². The number of hydrogen-bond donors (Lipinski definition) is 1. The zero-order valence-corrected chi connectivity index (χ0v) is 22.7. The lowest BCUT2D eigenvalue weighted by Crippen LogP contribution is -2.32. The van der Waals surface area contributed by atoms with Gasteiger partial charge in [-0.1, -0.05) is 54.7 Å². The van der Waals surface area contributed by atoms with Crippen molar-refractivity contribution in [3.63, 3.8) is 0 Å². The number of carbonyl (C=O) groups is 1. The molecule has 182 valence electrons. The van der Waals surface area contributed by atoms with Crippen LogP contribution in [0.2, 0.25) is 15.1 Å². The Labute approximate surface area is 224 Å². The summed E-state index contributed by atoms with van der Waals surface area (Å²) in [6.45, 7) is 5.58. The first kappa shape index (κ1) is 24.6. The first-order valence-corrected chi connectivity index (χ1v) is 13.6. The molecular formula is C27H26Cl3N3OS. The highest BCUT2D eigenvalue weighted by Gasteiger charge is 2.29. The van der Waals surface area contributed by atoms with Crippen molar-refractivity contribution in [3.05, 3.63) is 84.4 Å². The standard InChI is InChI=1S/C27H26Cl3N3OS/c1-27(2)8-5-22-23(14-27)35-24(32-22)15-33(10-7-16-3-4-20(29)21(30)11-16)26(34)19-13-18(28)12-17-6-9-31-25(17)19/h3-4,6,9,11-13,31H,5,7-8,10,14-15H2,1-2H3. The quantitative estimate of drug-likeness (QED) is 0.266. The summed E-state index contributed by atoms with van der Waals surface area (Å²) in [5.74, 6) is -0.0755. The lowest BCUT2D eigenvalue weighted by atomic mass is 9.79. The second kappa shape index (κ2) is 9.78. The summed E-state index contributed by atoms with van der Waals surface area (Å²) in [5.41, 5.74) is 3.86. The average Bonchev–Trinajstić information content (AvgIpc) is 3.43. The third-order valence-electron chi connectivity index (χ3n) is 6.62. The van der Waals surface area contributed by atoms with Crippen molar-refractivity contribution in [2.75, 3.05) is 6.54 Å². The average molecular weight is 547 g/mol. The van der Waals surface area contributed by atoms with Crippen LogP contribution in [0.5, 0.6) is 0 Å². The van der Waals surface area contributed by atoms with Gasteiger partial charge in [-0.25, -0.2) is 4.98 Å². The number of rotatable bonds is 6. The summed E-state index contributed by atoms with van der Waals surface area (Å²) in [4.78, 5) is 25.2. The maximum Gasteiger partial charge on any atom is 0.256 e. The van der Waals surface area contributed by atoms with E-state index < -0.39 is 0 Å². The molecule has 0 fully saturated rings. The predicted octanol–water partition coefficient (Wildman–Crippen LogP) is 7.98. The molecule has 0 aliphatic heterocycles. The van der Waals surface area contributed by atoms with Crippen LogP contribution in [0, 0.1) is 5.41 Å². The highest BCUT2D eigenvalue weighted by Crippen LogP contribution is 2.37. The van der Waals surface area contributed by atoms with Crippen LogP contribution >= 0.6 is 46.1 Å². The first-order chi connectivity index (χ1) is 16.7. The molecule has 2 heterocycles. The molecule has 2 aromatic heterocycles. The normalized spacial score (nSPS) is 14.8. The molecular weight excluding hydrogens is 521 g/mol. The Morgan fingerprint density at radius 3 is 2.77 bits per heavy atom. The van der Waals surface area contributed by atoms with Gasteiger partial charge in [0.05, 0.1) is 33.4 Å². The minimum Gasteiger partial charge on any atom is -0.361 e. The molecule has 4 aromatic rings. The smallest absolute Gasteiger partial charge is 0.256 e. The van der Waals surface area contributed by atoms with Gasteiger partial charge in [-0.3, -0.25) is 4.79 Å². The summed E-state index contributed by atoms with van der Waals surface area (Å²) in [7, 11) is 0. The van der Waals surface area contributed by atoms with Crippen LogP contribution in [0.4, 0.5) is 0 Å². The minimum atomic E-state index is -0.0755. The molecule has 35 heavy (non-hydrogen) atoms. The number of nitrogens with zero attached hydrogens (tertiary/aromatic N) is 2. The second-order valence-corrected chi connectivity index (χ2v) is 12.4. The van der Waals surface area contributed by atoms with Gasteiger partial charge in [0.1, 0.15) is 5.01 Å². The highest BCUT2D eigenvalue weighted by molar-refractivity contribution is 7.11. The molecule has 2 aromatic carbocycles. The van der Waals surface area contributed by atoms with Gasteiger partial charge in [0, 0.05) is 28.0 Å². The zero-order valence-electron chi connectivity index (χ0n) is 19.6. The summed E-state index contributed by atoms with van der Waals surface area (Å²) < 4.78 is 0. The van der Waals surface area contributed by atoms with Crippen LogP contribution in [0.1, 0.15) is 51.8 Å². The van der Waals surface area contributed by atoms with Gasteiger partial charge < -0.3 is 9.88 Å². The van der Waals surface area contributed by atoms with Gasteiger partial charge >= 0.3 is 0 Å². The molecule has 0 spiro atoms. The summed E-state index contributed by atoms with van der Waals surface area (Å²) in [6.07, 6.45) is 5.64. The number of carbonyl (C=O) groups excluding carboxylic acids is 1. The van der Waals surface area contributed by atoms with Crippen LogP contribution in [-0.4, -0.2) is 27.3 Å². The number of aromatic nitrogens is 2. The molecule has 0 saturated carbocycles. The van der Waals surface area contributed by atoms with E-state index in [2.05, 4.69) is 18.8 Å². The van der Waals surface area contributed by atoms with E-state index in [9.17, 15) is 4.79 Å². The Balaban J connectivity index is 1.45. The fraction of sp³-hybridized carbons (Fsp3) is 0.333. The molecule has 0 saturated heterocycles. The molecule has 0 atom stereocenters. The molecule has 1 aliphatic carbocycles. The van der Waals surface area contributed by atoms with E-state index >= 15 is 0 Å².